The number of aliphatic hydroxyl groups excluding tert-OH is 1. The van der Waals surface area contributed by atoms with Crippen LogP contribution in [0.3, 0.4) is 0 Å². The van der Waals surface area contributed by atoms with Gasteiger partial charge in [0, 0.05) is 28.2 Å². The summed E-state index contributed by atoms with van der Waals surface area (Å²) >= 11 is 3.26. The number of carbonyl (C=O) groups is 3. The maximum Gasteiger partial charge on any atom is 0.327 e. The van der Waals surface area contributed by atoms with Crippen LogP contribution in [0.1, 0.15) is 11.6 Å². The van der Waals surface area contributed by atoms with E-state index in [-0.39, 0.29) is 22.7 Å². The van der Waals surface area contributed by atoms with Crippen LogP contribution in [0.5, 0.6) is 5.75 Å². The Bertz CT molecular complexity index is 1170. The van der Waals surface area contributed by atoms with Crippen molar-refractivity contribution in [2.24, 2.45) is 11.8 Å². The number of phenols is 1. The van der Waals surface area contributed by atoms with Gasteiger partial charge in [-0.3, -0.25) is 29.8 Å². The molecule has 166 valence electrons. The van der Waals surface area contributed by atoms with Gasteiger partial charge >= 0.3 is 5.97 Å². The molecule has 2 aromatic carbocycles. The molecule has 11 nitrogen and oxygen atoms in total. The molecule has 2 aliphatic rings. The Balaban J connectivity index is 1.88. The van der Waals surface area contributed by atoms with E-state index in [0.29, 0.717) is 9.37 Å². The fourth-order valence-corrected chi connectivity index (χ4v) is 4.83. The molecule has 32 heavy (non-hydrogen) atoms. The zero-order chi connectivity index (χ0) is 23.4. The van der Waals surface area contributed by atoms with Crippen LogP contribution in [0.4, 0.5) is 11.4 Å². The van der Waals surface area contributed by atoms with Gasteiger partial charge in [-0.1, -0.05) is 22.0 Å². The lowest BCUT2D eigenvalue weighted by Gasteiger charge is -2.29. The fourth-order valence-electron chi connectivity index (χ4n) is 4.45. The minimum Gasteiger partial charge on any atom is -0.508 e. The van der Waals surface area contributed by atoms with E-state index in [0.717, 1.165) is 6.07 Å². The topological polar surface area (TPSA) is 170 Å². The third-order valence-corrected chi connectivity index (χ3v) is 6.40. The number of amides is 2. The summed E-state index contributed by atoms with van der Waals surface area (Å²) in [6.45, 7) is -1.00. The molecule has 12 heteroatoms. The van der Waals surface area contributed by atoms with E-state index in [4.69, 9.17) is 0 Å². The maximum absolute atomic E-state index is 13.4. The molecular formula is C20H16BrN3O8. The van der Waals surface area contributed by atoms with Crippen LogP contribution in [-0.4, -0.2) is 50.2 Å². The second-order valence-electron chi connectivity index (χ2n) is 7.55. The molecule has 2 amide bonds. The lowest BCUT2D eigenvalue weighted by Crippen LogP contribution is -2.58. The third-order valence-electron chi connectivity index (χ3n) is 5.91. The van der Waals surface area contributed by atoms with E-state index in [9.17, 15) is 39.8 Å². The van der Waals surface area contributed by atoms with Crippen molar-refractivity contribution in [2.45, 2.75) is 11.6 Å². The van der Waals surface area contributed by atoms with Crippen LogP contribution >= 0.6 is 15.9 Å². The molecule has 2 aromatic rings. The van der Waals surface area contributed by atoms with Gasteiger partial charge in [-0.2, -0.15) is 0 Å². The van der Waals surface area contributed by atoms with Gasteiger partial charge in [0.15, 0.2) is 5.54 Å². The number of phenolic OH excluding ortho intramolecular Hbond substituents is 1. The number of carboxylic acids is 1. The number of aliphatic carboxylic acids is 1. The van der Waals surface area contributed by atoms with Crippen molar-refractivity contribution in [3.8, 4) is 5.75 Å². The number of non-ortho nitro benzene ring substituents is 1. The van der Waals surface area contributed by atoms with E-state index in [1.807, 2.05) is 0 Å². The normalized spacial score (nSPS) is 26.9. The largest absolute Gasteiger partial charge is 0.508 e. The molecular weight excluding hydrogens is 490 g/mol. The number of halogens is 1. The van der Waals surface area contributed by atoms with Crippen molar-refractivity contribution >= 4 is 45.1 Å². The van der Waals surface area contributed by atoms with Crippen LogP contribution < -0.4 is 10.2 Å². The maximum atomic E-state index is 13.4. The van der Waals surface area contributed by atoms with Crippen molar-refractivity contribution in [3.63, 3.8) is 0 Å². The number of nitro groups is 1. The second kappa shape index (κ2) is 7.65. The molecule has 4 rings (SSSR count). The Morgan fingerprint density at radius 2 is 1.94 bits per heavy atom. The minimum absolute atomic E-state index is 0.0851. The molecule has 0 saturated carbocycles. The third kappa shape index (κ3) is 3.06. The average molecular weight is 506 g/mol. The summed E-state index contributed by atoms with van der Waals surface area (Å²) in [5, 5.41) is 44.1. The number of nitro benzene ring substituents is 1. The molecule has 0 bridgehead atoms. The fraction of sp³-hybridized carbons (Fsp3) is 0.250. The molecule has 4 unspecified atom stereocenters. The molecule has 2 saturated heterocycles. The standard InChI is InChI=1S/C20H16BrN3O8/c21-9-4-5-13(26)12(6-9)16-14-15(20(8-25,22-16)19(29)30)18(28)23(17(14)27)10-2-1-3-11(7-10)24(31)32/h1-7,14-16,22,25-26H,8H2,(H,29,30). The molecule has 2 heterocycles. The van der Waals surface area contributed by atoms with Crippen LogP contribution in [0.25, 0.3) is 0 Å². The highest BCUT2D eigenvalue weighted by atomic mass is 79.9. The van der Waals surface area contributed by atoms with Crippen molar-refractivity contribution in [3.05, 3.63) is 62.6 Å². The van der Waals surface area contributed by atoms with Crippen molar-refractivity contribution in [1.82, 2.24) is 5.32 Å². The van der Waals surface area contributed by atoms with Gasteiger partial charge in [0.2, 0.25) is 11.8 Å². The number of nitrogens with zero attached hydrogens (tertiary/aromatic N) is 2. The van der Waals surface area contributed by atoms with Gasteiger partial charge in [0.05, 0.1) is 29.1 Å². The smallest absolute Gasteiger partial charge is 0.327 e. The first kappa shape index (κ1) is 21.9. The predicted octanol–water partition coefficient (Wildman–Crippen LogP) is 1.33. The van der Waals surface area contributed by atoms with E-state index in [2.05, 4.69) is 21.2 Å². The number of carboxylic acid groups (broad SMARTS) is 1. The van der Waals surface area contributed by atoms with Gasteiger partial charge in [0.1, 0.15) is 5.75 Å². The number of fused-ring (bicyclic) bond motifs is 1. The number of aliphatic hydroxyl groups is 1. The number of hydrogen-bond acceptors (Lipinski definition) is 8. The quantitative estimate of drug-likeness (QED) is 0.265. The van der Waals surface area contributed by atoms with E-state index in [1.54, 1.807) is 6.07 Å². The van der Waals surface area contributed by atoms with E-state index in [1.165, 1.54) is 30.3 Å². The van der Waals surface area contributed by atoms with Crippen LogP contribution in [0.15, 0.2) is 46.9 Å². The van der Waals surface area contributed by atoms with Crippen molar-refractivity contribution in [1.29, 1.82) is 0 Å². The zero-order valence-corrected chi connectivity index (χ0v) is 17.7. The lowest BCUT2D eigenvalue weighted by molar-refractivity contribution is -0.384. The SMILES string of the molecule is O=C1C2C(c3cc(Br)ccc3O)NC(CO)(C(=O)O)C2C(=O)N1c1cccc([N+](=O)[O-])c1. The van der Waals surface area contributed by atoms with Gasteiger partial charge < -0.3 is 15.3 Å². The van der Waals surface area contributed by atoms with Gasteiger partial charge in [0.25, 0.3) is 5.69 Å². The first-order valence-electron chi connectivity index (χ1n) is 9.35. The monoisotopic (exact) mass is 505 g/mol. The van der Waals surface area contributed by atoms with Crippen LogP contribution in [0, 0.1) is 22.0 Å². The molecule has 4 atom stereocenters. The van der Waals surface area contributed by atoms with Crippen molar-refractivity contribution < 1.29 is 34.6 Å². The Morgan fingerprint density at radius 3 is 2.56 bits per heavy atom. The summed E-state index contributed by atoms with van der Waals surface area (Å²) in [6.07, 6.45) is 0. The zero-order valence-electron chi connectivity index (χ0n) is 16.1. The van der Waals surface area contributed by atoms with Crippen LogP contribution in [0.2, 0.25) is 0 Å². The highest BCUT2D eigenvalue weighted by Gasteiger charge is 2.69. The molecule has 2 fully saturated rings. The lowest BCUT2D eigenvalue weighted by atomic mass is 9.79. The van der Waals surface area contributed by atoms with Crippen LogP contribution in [-0.2, 0) is 14.4 Å². The number of carbonyl (C=O) groups excluding carboxylic acids is 2. The first-order chi connectivity index (χ1) is 15.1. The number of aromatic hydroxyl groups is 1. The summed E-state index contributed by atoms with van der Waals surface area (Å²) in [6, 6.07) is 8.09. The summed E-state index contributed by atoms with van der Waals surface area (Å²) in [5.74, 6) is -6.30. The Morgan fingerprint density at radius 1 is 1.22 bits per heavy atom. The Kier molecular flexibility index (Phi) is 5.23. The number of benzene rings is 2. The molecule has 0 aromatic heterocycles. The number of imide groups is 1. The van der Waals surface area contributed by atoms with E-state index < -0.39 is 52.7 Å². The molecule has 2 aliphatic heterocycles. The average Bonchev–Trinajstić information content (AvgIpc) is 3.24. The number of nitrogens with one attached hydrogen (secondary N) is 1. The summed E-state index contributed by atoms with van der Waals surface area (Å²) in [7, 11) is 0. The highest BCUT2D eigenvalue weighted by molar-refractivity contribution is 9.10. The predicted molar refractivity (Wildman–Crippen MR) is 112 cm³/mol. The highest BCUT2D eigenvalue weighted by Crippen LogP contribution is 2.51. The number of rotatable bonds is 5. The summed E-state index contributed by atoms with van der Waals surface area (Å²) < 4.78 is 0.535. The van der Waals surface area contributed by atoms with Gasteiger partial charge in [-0.15, -0.1) is 0 Å². The Hall–Kier alpha value is -3.35. The molecule has 0 spiro atoms. The summed E-state index contributed by atoms with van der Waals surface area (Å²) in [4.78, 5) is 50.1. The van der Waals surface area contributed by atoms with E-state index >= 15 is 0 Å². The van der Waals surface area contributed by atoms with Crippen molar-refractivity contribution in [2.75, 3.05) is 11.5 Å². The molecule has 0 aliphatic carbocycles. The molecule has 4 N–H and O–H groups in total. The first-order valence-corrected chi connectivity index (χ1v) is 10.1. The second-order valence-corrected chi connectivity index (χ2v) is 8.47. The number of hydrogen-bond donors (Lipinski definition) is 4. The Labute approximate surface area is 188 Å². The minimum atomic E-state index is -2.20. The van der Waals surface area contributed by atoms with Gasteiger partial charge in [-0.25, -0.2) is 4.90 Å². The summed E-state index contributed by atoms with van der Waals surface area (Å²) in [5.41, 5.74) is -2.48. The molecule has 0 radical (unpaired) electrons. The number of anilines is 1. The van der Waals surface area contributed by atoms with Gasteiger partial charge in [-0.05, 0) is 24.3 Å².